The number of aromatic hydroxyl groups is 1. The lowest BCUT2D eigenvalue weighted by atomic mass is 10.1. The van der Waals surface area contributed by atoms with Crippen LogP contribution in [0.3, 0.4) is 0 Å². The second-order valence-corrected chi connectivity index (χ2v) is 5.99. The van der Waals surface area contributed by atoms with Crippen molar-refractivity contribution in [2.45, 2.75) is 26.8 Å². The standard InChI is InChI=1S/C15H18N2O2S/c1-10(2)7-14(19)16-8-15-17-13(9-20-15)11-3-5-12(18)6-4-11/h3-6,9-10,18H,7-8H2,1-2H3,(H,16,19). The quantitative estimate of drug-likeness (QED) is 0.889. The fraction of sp³-hybridized carbons (Fsp3) is 0.333. The average Bonchev–Trinajstić information content (AvgIpc) is 2.85. The lowest BCUT2D eigenvalue weighted by molar-refractivity contribution is -0.121. The third-order valence-corrected chi connectivity index (χ3v) is 3.59. The number of carbonyl (C=O) groups excluding carboxylic acids is 1. The van der Waals surface area contributed by atoms with Crippen LogP contribution in [0.4, 0.5) is 0 Å². The van der Waals surface area contributed by atoms with Crippen molar-refractivity contribution in [1.29, 1.82) is 0 Å². The maximum Gasteiger partial charge on any atom is 0.220 e. The van der Waals surface area contributed by atoms with Gasteiger partial charge in [-0.05, 0) is 30.2 Å². The van der Waals surface area contributed by atoms with E-state index < -0.39 is 0 Å². The lowest BCUT2D eigenvalue weighted by Gasteiger charge is -2.05. The number of benzene rings is 1. The first-order chi connectivity index (χ1) is 9.54. The zero-order valence-electron chi connectivity index (χ0n) is 11.6. The van der Waals surface area contributed by atoms with Crippen LogP contribution < -0.4 is 5.32 Å². The molecule has 4 nitrogen and oxygen atoms in total. The van der Waals surface area contributed by atoms with E-state index in [1.165, 1.54) is 11.3 Å². The van der Waals surface area contributed by atoms with E-state index in [4.69, 9.17) is 0 Å². The molecule has 0 saturated carbocycles. The van der Waals surface area contributed by atoms with Crippen molar-refractivity contribution in [3.8, 4) is 17.0 Å². The molecule has 0 saturated heterocycles. The van der Waals surface area contributed by atoms with Gasteiger partial charge in [0.1, 0.15) is 10.8 Å². The molecule has 20 heavy (non-hydrogen) atoms. The Morgan fingerprint density at radius 3 is 2.70 bits per heavy atom. The van der Waals surface area contributed by atoms with Gasteiger partial charge in [0.15, 0.2) is 0 Å². The summed E-state index contributed by atoms with van der Waals surface area (Å²) in [4.78, 5) is 16.1. The van der Waals surface area contributed by atoms with Crippen molar-refractivity contribution in [1.82, 2.24) is 10.3 Å². The molecular weight excluding hydrogens is 272 g/mol. The van der Waals surface area contributed by atoms with Crippen molar-refractivity contribution in [3.63, 3.8) is 0 Å². The van der Waals surface area contributed by atoms with Gasteiger partial charge in [0.2, 0.25) is 5.91 Å². The van der Waals surface area contributed by atoms with Gasteiger partial charge in [-0.2, -0.15) is 0 Å². The third kappa shape index (κ3) is 4.06. The molecular formula is C15H18N2O2S. The number of aromatic nitrogens is 1. The van der Waals surface area contributed by atoms with Crippen LogP contribution in [-0.4, -0.2) is 16.0 Å². The van der Waals surface area contributed by atoms with Crippen LogP contribution in [0.5, 0.6) is 5.75 Å². The maximum absolute atomic E-state index is 11.6. The second kappa shape index (κ2) is 6.52. The molecule has 1 aromatic heterocycles. The summed E-state index contributed by atoms with van der Waals surface area (Å²) in [7, 11) is 0. The van der Waals surface area contributed by atoms with E-state index in [-0.39, 0.29) is 11.7 Å². The van der Waals surface area contributed by atoms with Gasteiger partial charge in [0.25, 0.3) is 0 Å². The number of phenols is 1. The first-order valence-electron chi connectivity index (χ1n) is 6.55. The monoisotopic (exact) mass is 290 g/mol. The molecule has 0 radical (unpaired) electrons. The van der Waals surface area contributed by atoms with Crippen LogP contribution >= 0.6 is 11.3 Å². The maximum atomic E-state index is 11.6. The Hall–Kier alpha value is -1.88. The Labute approximate surface area is 122 Å². The number of rotatable bonds is 5. The Balaban J connectivity index is 1.95. The number of nitrogens with one attached hydrogen (secondary N) is 1. The molecule has 0 spiro atoms. The van der Waals surface area contributed by atoms with Crippen molar-refractivity contribution in [2.75, 3.05) is 0 Å². The zero-order chi connectivity index (χ0) is 14.5. The minimum Gasteiger partial charge on any atom is -0.508 e. The van der Waals surface area contributed by atoms with Crippen LogP contribution in [0.1, 0.15) is 25.3 Å². The predicted octanol–water partition coefficient (Wildman–Crippen LogP) is 3.18. The van der Waals surface area contributed by atoms with E-state index in [1.807, 2.05) is 31.4 Å². The van der Waals surface area contributed by atoms with Gasteiger partial charge in [-0.3, -0.25) is 4.79 Å². The Morgan fingerprint density at radius 2 is 2.05 bits per heavy atom. The molecule has 0 aliphatic carbocycles. The molecule has 0 aliphatic heterocycles. The van der Waals surface area contributed by atoms with Gasteiger partial charge in [0.05, 0.1) is 12.2 Å². The summed E-state index contributed by atoms with van der Waals surface area (Å²) in [5.74, 6) is 0.658. The molecule has 2 rings (SSSR count). The molecule has 0 fully saturated rings. The molecule has 2 N–H and O–H groups in total. The van der Waals surface area contributed by atoms with Crippen molar-refractivity contribution < 1.29 is 9.90 Å². The number of thiazole rings is 1. The van der Waals surface area contributed by atoms with E-state index in [0.717, 1.165) is 16.3 Å². The minimum atomic E-state index is 0.0568. The molecule has 1 heterocycles. The van der Waals surface area contributed by atoms with Gasteiger partial charge in [-0.15, -0.1) is 11.3 Å². The Kier molecular flexibility index (Phi) is 4.74. The molecule has 106 valence electrons. The molecule has 0 atom stereocenters. The Morgan fingerprint density at radius 1 is 1.35 bits per heavy atom. The second-order valence-electron chi connectivity index (χ2n) is 5.05. The van der Waals surface area contributed by atoms with Gasteiger partial charge >= 0.3 is 0 Å². The smallest absolute Gasteiger partial charge is 0.220 e. The SMILES string of the molecule is CC(C)CC(=O)NCc1nc(-c2ccc(O)cc2)cs1. The molecule has 0 aliphatic rings. The fourth-order valence-electron chi connectivity index (χ4n) is 1.77. The molecule has 5 heteroatoms. The molecule has 2 aromatic rings. The highest BCUT2D eigenvalue weighted by Crippen LogP contribution is 2.23. The van der Waals surface area contributed by atoms with Gasteiger partial charge in [-0.25, -0.2) is 4.98 Å². The summed E-state index contributed by atoms with van der Waals surface area (Å²) in [5, 5.41) is 15.0. The summed E-state index contributed by atoms with van der Waals surface area (Å²) in [5.41, 5.74) is 1.82. The predicted molar refractivity (Wildman–Crippen MR) is 80.5 cm³/mol. The van der Waals surface area contributed by atoms with E-state index in [2.05, 4.69) is 10.3 Å². The largest absolute Gasteiger partial charge is 0.508 e. The van der Waals surface area contributed by atoms with Crippen LogP contribution in [0.15, 0.2) is 29.6 Å². The van der Waals surface area contributed by atoms with Crippen LogP contribution in [0, 0.1) is 5.92 Å². The highest BCUT2D eigenvalue weighted by atomic mass is 32.1. The number of hydrogen-bond donors (Lipinski definition) is 2. The average molecular weight is 290 g/mol. The number of nitrogens with zero attached hydrogens (tertiary/aromatic N) is 1. The third-order valence-electron chi connectivity index (χ3n) is 2.75. The number of carbonyl (C=O) groups is 1. The molecule has 1 aromatic carbocycles. The fourth-order valence-corrected chi connectivity index (χ4v) is 2.52. The number of amides is 1. The summed E-state index contributed by atoms with van der Waals surface area (Å²) in [6.45, 7) is 4.51. The van der Waals surface area contributed by atoms with Crippen molar-refractivity contribution in [3.05, 3.63) is 34.7 Å². The van der Waals surface area contributed by atoms with Crippen LogP contribution in [0.25, 0.3) is 11.3 Å². The first kappa shape index (κ1) is 14.5. The summed E-state index contributed by atoms with van der Waals surface area (Å²) in [6, 6.07) is 6.93. The van der Waals surface area contributed by atoms with Crippen molar-refractivity contribution in [2.24, 2.45) is 5.92 Å². The van der Waals surface area contributed by atoms with Gasteiger partial charge in [0, 0.05) is 17.4 Å². The van der Waals surface area contributed by atoms with E-state index in [0.29, 0.717) is 18.9 Å². The van der Waals surface area contributed by atoms with E-state index in [9.17, 15) is 9.90 Å². The Bertz CT molecular complexity index is 576. The van der Waals surface area contributed by atoms with Crippen LogP contribution in [0.2, 0.25) is 0 Å². The summed E-state index contributed by atoms with van der Waals surface area (Å²) < 4.78 is 0. The molecule has 1 amide bonds. The zero-order valence-corrected chi connectivity index (χ0v) is 12.4. The van der Waals surface area contributed by atoms with E-state index >= 15 is 0 Å². The highest BCUT2D eigenvalue weighted by Gasteiger charge is 2.07. The normalized spacial score (nSPS) is 10.8. The van der Waals surface area contributed by atoms with Crippen LogP contribution in [-0.2, 0) is 11.3 Å². The summed E-state index contributed by atoms with van der Waals surface area (Å²) >= 11 is 1.52. The number of phenolic OH excluding ortho intramolecular Hbond substituents is 1. The molecule has 0 unspecified atom stereocenters. The minimum absolute atomic E-state index is 0.0568. The first-order valence-corrected chi connectivity index (χ1v) is 7.43. The molecule has 0 bridgehead atoms. The van der Waals surface area contributed by atoms with Gasteiger partial charge < -0.3 is 10.4 Å². The lowest BCUT2D eigenvalue weighted by Crippen LogP contribution is -2.23. The summed E-state index contributed by atoms with van der Waals surface area (Å²) in [6.07, 6.45) is 0.538. The topological polar surface area (TPSA) is 62.2 Å². The highest BCUT2D eigenvalue weighted by molar-refractivity contribution is 7.09. The van der Waals surface area contributed by atoms with E-state index in [1.54, 1.807) is 12.1 Å². The van der Waals surface area contributed by atoms with Crippen molar-refractivity contribution >= 4 is 17.2 Å². The number of hydrogen-bond acceptors (Lipinski definition) is 4. The van der Waals surface area contributed by atoms with Gasteiger partial charge in [-0.1, -0.05) is 13.8 Å².